The van der Waals surface area contributed by atoms with Gasteiger partial charge in [-0.15, -0.1) is 0 Å². The first kappa shape index (κ1) is 7.03. The Hall–Kier alpha value is -0.0800. The van der Waals surface area contributed by atoms with E-state index in [1.165, 1.54) is 0 Å². The van der Waals surface area contributed by atoms with Crippen molar-refractivity contribution in [3.8, 4) is 0 Å². The highest BCUT2D eigenvalue weighted by atomic mass is 33.1. The van der Waals surface area contributed by atoms with Crippen molar-refractivity contribution in [3.05, 3.63) is 35.8 Å². The van der Waals surface area contributed by atoms with Crippen LogP contribution in [0, 0.1) is 0 Å². The summed E-state index contributed by atoms with van der Waals surface area (Å²) >= 11 is 0. The molecule has 1 aliphatic heterocycles. The Bertz CT molecular complexity index is 129. The van der Waals surface area contributed by atoms with Crippen molar-refractivity contribution < 1.29 is 0 Å². The molecule has 2 heteroatoms. The monoisotopic (exact) mass is 156 g/mol. The van der Waals surface area contributed by atoms with E-state index in [1.54, 1.807) is 10.8 Å². The molecule has 0 spiro atoms. The maximum absolute atomic E-state index is 2.15. The molecule has 1 heterocycles. The minimum absolute atomic E-state index is 1.10. The lowest BCUT2D eigenvalue weighted by Gasteiger charge is -1.85. The predicted octanol–water partition coefficient (Wildman–Crippen LogP) is 3.01. The van der Waals surface area contributed by atoms with Gasteiger partial charge < -0.3 is 0 Å². The van der Waals surface area contributed by atoms with Gasteiger partial charge in [-0.25, -0.2) is 0 Å². The first-order valence-electron chi connectivity index (χ1n) is 2.77. The second-order valence-corrected chi connectivity index (χ2v) is 3.84. The maximum atomic E-state index is 2.15. The van der Waals surface area contributed by atoms with E-state index in [-0.39, 0.29) is 0 Å². The topological polar surface area (TPSA) is 0 Å². The zero-order valence-corrected chi connectivity index (χ0v) is 6.62. The SMILES string of the molecule is C1=CC=CSSCC=C1. The summed E-state index contributed by atoms with van der Waals surface area (Å²) in [6, 6.07) is 0. The maximum Gasteiger partial charge on any atom is 0.0224 e. The summed E-state index contributed by atoms with van der Waals surface area (Å²) in [5.74, 6) is 1.10. The van der Waals surface area contributed by atoms with Gasteiger partial charge in [0.25, 0.3) is 0 Å². The molecule has 1 aliphatic rings. The summed E-state index contributed by atoms with van der Waals surface area (Å²) in [5, 5.41) is 2.09. The largest absolute Gasteiger partial charge is 0.0854 e. The van der Waals surface area contributed by atoms with Gasteiger partial charge in [0.2, 0.25) is 0 Å². The minimum Gasteiger partial charge on any atom is -0.0854 e. The van der Waals surface area contributed by atoms with E-state index in [0.29, 0.717) is 0 Å². The van der Waals surface area contributed by atoms with Gasteiger partial charge in [-0.05, 0) is 5.41 Å². The molecule has 0 nitrogen and oxygen atoms in total. The molecule has 48 valence electrons. The average Bonchev–Trinajstić information content (AvgIpc) is 2.00. The van der Waals surface area contributed by atoms with Crippen LogP contribution in [0.1, 0.15) is 0 Å². The smallest absolute Gasteiger partial charge is 0.0224 e. The van der Waals surface area contributed by atoms with E-state index in [4.69, 9.17) is 0 Å². The molecule has 9 heavy (non-hydrogen) atoms. The van der Waals surface area contributed by atoms with E-state index >= 15 is 0 Å². The van der Waals surface area contributed by atoms with Crippen LogP contribution < -0.4 is 0 Å². The lowest BCUT2D eigenvalue weighted by molar-refractivity contribution is 1.77. The van der Waals surface area contributed by atoms with Gasteiger partial charge in [0, 0.05) is 5.75 Å². The molecule has 0 aromatic rings. The van der Waals surface area contributed by atoms with Gasteiger partial charge in [-0.3, -0.25) is 0 Å². The quantitative estimate of drug-likeness (QED) is 0.494. The third kappa shape index (κ3) is 3.49. The summed E-state index contributed by atoms with van der Waals surface area (Å²) < 4.78 is 0. The Morgan fingerprint density at radius 3 is 2.89 bits per heavy atom. The van der Waals surface area contributed by atoms with Gasteiger partial charge >= 0.3 is 0 Å². The van der Waals surface area contributed by atoms with Gasteiger partial charge in [-0.1, -0.05) is 52.0 Å². The van der Waals surface area contributed by atoms with Crippen molar-refractivity contribution in [1.82, 2.24) is 0 Å². The van der Waals surface area contributed by atoms with E-state index in [0.717, 1.165) is 5.75 Å². The van der Waals surface area contributed by atoms with Crippen LogP contribution in [0.5, 0.6) is 0 Å². The van der Waals surface area contributed by atoms with Gasteiger partial charge in [-0.2, -0.15) is 0 Å². The molecule has 0 bridgehead atoms. The average molecular weight is 156 g/mol. The highest BCUT2D eigenvalue weighted by Gasteiger charge is 1.80. The fourth-order valence-corrected chi connectivity index (χ4v) is 1.86. The molecule has 0 amide bonds. The molecule has 0 radical (unpaired) electrons. The van der Waals surface area contributed by atoms with Crippen LogP contribution in [0.4, 0.5) is 0 Å². The van der Waals surface area contributed by atoms with Crippen molar-refractivity contribution in [2.45, 2.75) is 0 Å². The molecule has 0 saturated carbocycles. The molecule has 0 fully saturated rings. The Balaban J connectivity index is 2.45. The highest BCUT2D eigenvalue weighted by Crippen LogP contribution is 2.22. The fraction of sp³-hybridized carbons (Fsp3) is 0.143. The zero-order chi connectivity index (χ0) is 6.36. The third-order valence-electron chi connectivity index (χ3n) is 0.836. The minimum atomic E-state index is 1.10. The van der Waals surface area contributed by atoms with Crippen molar-refractivity contribution >= 4 is 21.6 Å². The van der Waals surface area contributed by atoms with Crippen LogP contribution in [-0.2, 0) is 0 Å². The van der Waals surface area contributed by atoms with E-state index in [1.807, 2.05) is 29.0 Å². The second-order valence-electron chi connectivity index (χ2n) is 1.52. The van der Waals surface area contributed by atoms with Crippen LogP contribution >= 0.6 is 21.6 Å². The van der Waals surface area contributed by atoms with Crippen molar-refractivity contribution in [2.75, 3.05) is 5.75 Å². The van der Waals surface area contributed by atoms with E-state index in [9.17, 15) is 0 Å². The molecule has 0 unspecified atom stereocenters. The lowest BCUT2D eigenvalue weighted by Crippen LogP contribution is -1.59. The highest BCUT2D eigenvalue weighted by molar-refractivity contribution is 8.77. The standard InChI is InChI=1S/C7H8S2/c1-2-4-6-8-9-7-5-3-1/h1-6H,7H2. The lowest BCUT2D eigenvalue weighted by atomic mass is 10.4. The molecule has 0 aromatic carbocycles. The molecule has 0 saturated heterocycles. The molecule has 0 N–H and O–H groups in total. The third-order valence-corrected chi connectivity index (χ3v) is 2.72. The number of hydrogen-bond acceptors (Lipinski definition) is 2. The number of allylic oxidation sites excluding steroid dienone is 4. The Kier molecular flexibility index (Phi) is 3.72. The van der Waals surface area contributed by atoms with Crippen LogP contribution in [0.2, 0.25) is 0 Å². The molecular weight excluding hydrogens is 148 g/mol. The Morgan fingerprint density at radius 2 is 1.89 bits per heavy atom. The molecular formula is C7H8S2. The molecule has 0 aromatic heterocycles. The van der Waals surface area contributed by atoms with Crippen LogP contribution in [0.25, 0.3) is 0 Å². The molecule has 0 aliphatic carbocycles. The Labute approximate surface area is 63.5 Å². The van der Waals surface area contributed by atoms with Gasteiger partial charge in [0.05, 0.1) is 0 Å². The zero-order valence-electron chi connectivity index (χ0n) is 4.99. The predicted molar refractivity (Wildman–Crippen MR) is 47.5 cm³/mol. The fourth-order valence-electron chi connectivity index (χ4n) is 0.458. The molecule has 0 atom stereocenters. The van der Waals surface area contributed by atoms with Crippen LogP contribution in [0.3, 0.4) is 0 Å². The van der Waals surface area contributed by atoms with Crippen molar-refractivity contribution in [3.63, 3.8) is 0 Å². The summed E-state index contributed by atoms with van der Waals surface area (Å²) in [4.78, 5) is 0. The number of rotatable bonds is 0. The van der Waals surface area contributed by atoms with Gasteiger partial charge in [0.1, 0.15) is 0 Å². The summed E-state index contributed by atoms with van der Waals surface area (Å²) in [7, 11) is 3.62. The summed E-state index contributed by atoms with van der Waals surface area (Å²) in [6.45, 7) is 0. The van der Waals surface area contributed by atoms with Gasteiger partial charge in [0.15, 0.2) is 0 Å². The first-order valence-corrected chi connectivity index (χ1v) is 5.15. The van der Waals surface area contributed by atoms with Crippen LogP contribution in [0.15, 0.2) is 35.8 Å². The van der Waals surface area contributed by atoms with Crippen molar-refractivity contribution in [2.24, 2.45) is 0 Å². The first-order chi connectivity index (χ1) is 4.50. The van der Waals surface area contributed by atoms with Crippen LogP contribution in [-0.4, -0.2) is 5.75 Å². The second kappa shape index (κ2) is 4.77. The van der Waals surface area contributed by atoms with E-state index in [2.05, 4.69) is 17.6 Å². The summed E-state index contributed by atoms with van der Waals surface area (Å²) in [5.41, 5.74) is 0. The normalized spacial score (nSPS) is 18.7. The van der Waals surface area contributed by atoms with E-state index < -0.39 is 0 Å². The summed E-state index contributed by atoms with van der Waals surface area (Å²) in [6.07, 6.45) is 10.4. The van der Waals surface area contributed by atoms with Crippen molar-refractivity contribution in [1.29, 1.82) is 0 Å². The molecule has 1 rings (SSSR count). The number of hydrogen-bond donors (Lipinski definition) is 0. The Morgan fingerprint density at radius 1 is 1.00 bits per heavy atom.